The standard InChI is InChI=1S/C15H24N2O3/c18-13(12-8-15(12)4-6-16-7-5-15)17-9-10-2-1-3-11(10)14(19)20/h10-12,16H,1-9H2,(H,17,18)(H,19,20). The van der Waals surface area contributed by atoms with E-state index in [-0.39, 0.29) is 29.1 Å². The first-order valence-corrected chi connectivity index (χ1v) is 7.84. The fourth-order valence-corrected chi connectivity index (χ4v) is 4.16. The van der Waals surface area contributed by atoms with E-state index in [0.29, 0.717) is 6.54 Å². The Bertz CT molecular complexity index is 404. The summed E-state index contributed by atoms with van der Waals surface area (Å²) >= 11 is 0. The SMILES string of the molecule is O=C(O)C1CCCC1CNC(=O)C1CC12CCNCC2. The molecule has 1 spiro atoms. The number of carboxylic acids is 1. The largest absolute Gasteiger partial charge is 0.481 e. The minimum Gasteiger partial charge on any atom is -0.481 e. The smallest absolute Gasteiger partial charge is 0.306 e. The summed E-state index contributed by atoms with van der Waals surface area (Å²) in [5, 5.41) is 15.5. The van der Waals surface area contributed by atoms with Crippen molar-refractivity contribution in [2.24, 2.45) is 23.2 Å². The lowest BCUT2D eigenvalue weighted by Gasteiger charge is -2.23. The molecule has 0 aromatic heterocycles. The van der Waals surface area contributed by atoms with Crippen LogP contribution in [0, 0.1) is 23.2 Å². The van der Waals surface area contributed by atoms with Gasteiger partial charge in [-0.25, -0.2) is 0 Å². The summed E-state index contributed by atoms with van der Waals surface area (Å²) < 4.78 is 0. The highest BCUT2D eigenvalue weighted by Crippen LogP contribution is 2.58. The predicted molar refractivity (Wildman–Crippen MR) is 74.1 cm³/mol. The third-order valence-corrected chi connectivity index (χ3v) is 5.62. The number of carboxylic acid groups (broad SMARTS) is 1. The third-order valence-electron chi connectivity index (χ3n) is 5.62. The fraction of sp³-hybridized carbons (Fsp3) is 0.867. The molecule has 3 aliphatic rings. The van der Waals surface area contributed by atoms with Gasteiger partial charge in [0, 0.05) is 12.5 Å². The van der Waals surface area contributed by atoms with E-state index >= 15 is 0 Å². The molecule has 3 N–H and O–H groups in total. The second kappa shape index (κ2) is 5.35. The molecule has 3 atom stereocenters. The van der Waals surface area contributed by atoms with Gasteiger partial charge in [-0.15, -0.1) is 0 Å². The van der Waals surface area contributed by atoms with Crippen molar-refractivity contribution in [1.82, 2.24) is 10.6 Å². The summed E-state index contributed by atoms with van der Waals surface area (Å²) in [5.74, 6) is -0.512. The van der Waals surface area contributed by atoms with E-state index in [9.17, 15) is 9.59 Å². The zero-order chi connectivity index (χ0) is 14.2. The van der Waals surface area contributed by atoms with E-state index in [1.54, 1.807) is 0 Å². The molecule has 0 aromatic rings. The molecule has 1 saturated heterocycles. The molecule has 5 nitrogen and oxygen atoms in total. The van der Waals surface area contributed by atoms with Gasteiger partial charge in [-0.05, 0) is 56.5 Å². The van der Waals surface area contributed by atoms with Crippen LogP contribution in [0.1, 0.15) is 38.5 Å². The first-order valence-electron chi connectivity index (χ1n) is 7.84. The van der Waals surface area contributed by atoms with Crippen LogP contribution < -0.4 is 10.6 Å². The van der Waals surface area contributed by atoms with Crippen LogP contribution in [-0.4, -0.2) is 36.6 Å². The fourth-order valence-electron chi connectivity index (χ4n) is 4.16. The van der Waals surface area contributed by atoms with Gasteiger partial charge in [0.05, 0.1) is 5.92 Å². The number of hydrogen-bond acceptors (Lipinski definition) is 3. The first kappa shape index (κ1) is 13.9. The molecule has 20 heavy (non-hydrogen) atoms. The molecule has 3 rings (SSSR count). The van der Waals surface area contributed by atoms with Gasteiger partial charge in [0.25, 0.3) is 0 Å². The topological polar surface area (TPSA) is 78.4 Å². The average molecular weight is 280 g/mol. The van der Waals surface area contributed by atoms with Crippen LogP contribution in [-0.2, 0) is 9.59 Å². The van der Waals surface area contributed by atoms with Gasteiger partial charge in [0.1, 0.15) is 0 Å². The first-order chi connectivity index (χ1) is 9.62. The normalized spacial score (nSPS) is 34.9. The molecule has 1 aliphatic heterocycles. The van der Waals surface area contributed by atoms with E-state index in [4.69, 9.17) is 5.11 Å². The zero-order valence-corrected chi connectivity index (χ0v) is 11.9. The van der Waals surface area contributed by atoms with Crippen molar-refractivity contribution in [2.45, 2.75) is 38.5 Å². The van der Waals surface area contributed by atoms with Crippen molar-refractivity contribution in [3.8, 4) is 0 Å². The lowest BCUT2D eigenvalue weighted by Crippen LogP contribution is -2.36. The number of carbonyl (C=O) groups excluding carboxylic acids is 1. The van der Waals surface area contributed by atoms with Gasteiger partial charge in [0.2, 0.25) is 5.91 Å². The van der Waals surface area contributed by atoms with E-state index in [1.165, 1.54) is 0 Å². The van der Waals surface area contributed by atoms with Crippen LogP contribution in [0.3, 0.4) is 0 Å². The predicted octanol–water partition coefficient (Wildman–Crippen LogP) is 0.993. The Balaban J connectivity index is 1.47. The number of piperidine rings is 1. The molecule has 0 radical (unpaired) electrons. The van der Waals surface area contributed by atoms with Gasteiger partial charge < -0.3 is 15.7 Å². The van der Waals surface area contributed by atoms with Crippen LogP contribution in [0.25, 0.3) is 0 Å². The Labute approximate surface area is 119 Å². The summed E-state index contributed by atoms with van der Waals surface area (Å²) in [4.78, 5) is 23.4. The lowest BCUT2D eigenvalue weighted by atomic mass is 9.91. The molecule has 2 aliphatic carbocycles. The average Bonchev–Trinajstić information content (AvgIpc) is 2.92. The molecule has 1 heterocycles. The second-order valence-corrected chi connectivity index (χ2v) is 6.75. The molecule has 112 valence electrons. The molecule has 2 saturated carbocycles. The Morgan fingerprint density at radius 2 is 2.00 bits per heavy atom. The number of nitrogens with one attached hydrogen (secondary N) is 2. The van der Waals surface area contributed by atoms with Crippen molar-refractivity contribution in [3.05, 3.63) is 0 Å². The Morgan fingerprint density at radius 1 is 1.25 bits per heavy atom. The quantitative estimate of drug-likeness (QED) is 0.717. The maximum Gasteiger partial charge on any atom is 0.306 e. The van der Waals surface area contributed by atoms with Crippen molar-refractivity contribution >= 4 is 11.9 Å². The van der Waals surface area contributed by atoms with E-state index in [0.717, 1.165) is 51.6 Å². The molecule has 3 fully saturated rings. The summed E-state index contributed by atoms with van der Waals surface area (Å²) in [6.45, 7) is 2.58. The molecule has 0 bridgehead atoms. The Kier molecular flexibility index (Phi) is 3.71. The minimum atomic E-state index is -0.706. The Morgan fingerprint density at radius 3 is 2.70 bits per heavy atom. The molecule has 3 unspecified atom stereocenters. The van der Waals surface area contributed by atoms with Gasteiger partial charge in [-0.3, -0.25) is 9.59 Å². The third kappa shape index (κ3) is 2.55. The maximum atomic E-state index is 12.2. The highest BCUT2D eigenvalue weighted by Gasteiger charge is 2.57. The van der Waals surface area contributed by atoms with Crippen molar-refractivity contribution in [1.29, 1.82) is 0 Å². The molecule has 1 amide bonds. The number of aliphatic carboxylic acids is 1. The summed E-state index contributed by atoms with van der Waals surface area (Å²) in [6.07, 6.45) is 5.88. The van der Waals surface area contributed by atoms with Gasteiger partial charge in [0.15, 0.2) is 0 Å². The van der Waals surface area contributed by atoms with Crippen LogP contribution in [0.4, 0.5) is 0 Å². The highest BCUT2D eigenvalue weighted by molar-refractivity contribution is 5.82. The van der Waals surface area contributed by atoms with Crippen molar-refractivity contribution in [2.75, 3.05) is 19.6 Å². The van der Waals surface area contributed by atoms with E-state index < -0.39 is 5.97 Å². The molecule has 0 aromatic carbocycles. The Hall–Kier alpha value is -1.10. The summed E-state index contributed by atoms with van der Waals surface area (Å²) in [7, 11) is 0. The number of carbonyl (C=O) groups is 2. The summed E-state index contributed by atoms with van der Waals surface area (Å²) in [5.41, 5.74) is 0.261. The van der Waals surface area contributed by atoms with E-state index in [1.807, 2.05) is 0 Å². The van der Waals surface area contributed by atoms with Gasteiger partial charge in [-0.1, -0.05) is 6.42 Å². The molecular formula is C15H24N2O3. The van der Waals surface area contributed by atoms with Crippen LogP contribution in [0.2, 0.25) is 0 Å². The minimum absolute atomic E-state index is 0.124. The van der Waals surface area contributed by atoms with Crippen molar-refractivity contribution in [3.63, 3.8) is 0 Å². The van der Waals surface area contributed by atoms with Crippen LogP contribution in [0.5, 0.6) is 0 Å². The number of hydrogen-bond donors (Lipinski definition) is 3. The van der Waals surface area contributed by atoms with Gasteiger partial charge >= 0.3 is 5.97 Å². The number of amides is 1. The summed E-state index contributed by atoms with van der Waals surface area (Å²) in [6, 6.07) is 0. The monoisotopic (exact) mass is 280 g/mol. The second-order valence-electron chi connectivity index (χ2n) is 6.75. The maximum absolute atomic E-state index is 12.2. The van der Waals surface area contributed by atoms with Crippen LogP contribution >= 0.6 is 0 Å². The van der Waals surface area contributed by atoms with Crippen molar-refractivity contribution < 1.29 is 14.7 Å². The molecular weight excluding hydrogens is 256 g/mol. The highest BCUT2D eigenvalue weighted by atomic mass is 16.4. The van der Waals surface area contributed by atoms with E-state index in [2.05, 4.69) is 10.6 Å². The lowest BCUT2D eigenvalue weighted by molar-refractivity contribution is -0.143. The molecule has 5 heteroatoms. The number of rotatable bonds is 4. The van der Waals surface area contributed by atoms with Gasteiger partial charge in [-0.2, -0.15) is 0 Å². The zero-order valence-electron chi connectivity index (χ0n) is 11.9. The van der Waals surface area contributed by atoms with Crippen LogP contribution in [0.15, 0.2) is 0 Å².